The lowest BCUT2D eigenvalue weighted by Crippen LogP contribution is -2.32. The predicted molar refractivity (Wildman–Crippen MR) is 63.5 cm³/mol. The molecule has 0 aromatic heterocycles. The molecule has 0 fully saturated rings. The summed E-state index contributed by atoms with van der Waals surface area (Å²) in [5.74, 6) is -1.00. The maximum absolute atomic E-state index is 10.5. The average Bonchev–Trinajstić information content (AvgIpc) is 2.01. The first kappa shape index (κ1) is 11.7. The molecular weight excluding hydrogens is 316 g/mol. The van der Waals surface area contributed by atoms with E-state index < -0.39 is 12.0 Å². The van der Waals surface area contributed by atoms with Crippen molar-refractivity contribution in [2.75, 3.05) is 0 Å². The van der Waals surface area contributed by atoms with Crippen molar-refractivity contribution < 1.29 is 9.90 Å². The first-order valence-corrected chi connectivity index (χ1v) is 5.38. The third-order valence-electron chi connectivity index (χ3n) is 1.70. The van der Waals surface area contributed by atoms with Gasteiger partial charge >= 0.3 is 5.97 Å². The fraction of sp³-hybridized carbons (Fsp3) is 0.222. The van der Waals surface area contributed by atoms with Gasteiger partial charge in [-0.25, -0.2) is 0 Å². The maximum atomic E-state index is 10.5. The van der Waals surface area contributed by atoms with E-state index in [4.69, 9.17) is 22.4 Å². The smallest absolute Gasteiger partial charge is 0.320 e. The zero-order valence-corrected chi connectivity index (χ0v) is 10.1. The van der Waals surface area contributed by atoms with Gasteiger partial charge in [-0.1, -0.05) is 11.6 Å². The minimum Gasteiger partial charge on any atom is -0.480 e. The van der Waals surface area contributed by atoms with E-state index >= 15 is 0 Å². The van der Waals surface area contributed by atoms with Crippen LogP contribution in [0.3, 0.4) is 0 Å². The summed E-state index contributed by atoms with van der Waals surface area (Å²) >= 11 is 7.94. The summed E-state index contributed by atoms with van der Waals surface area (Å²) in [6.07, 6.45) is 0.298. The Hall–Kier alpha value is -0.330. The largest absolute Gasteiger partial charge is 0.480 e. The Bertz CT molecular complexity index is 336. The van der Waals surface area contributed by atoms with Gasteiger partial charge in [0.2, 0.25) is 0 Å². The van der Waals surface area contributed by atoms with E-state index in [2.05, 4.69) is 22.6 Å². The lowest BCUT2D eigenvalue weighted by atomic mass is 10.1. The third-order valence-corrected chi connectivity index (χ3v) is 2.54. The van der Waals surface area contributed by atoms with E-state index in [-0.39, 0.29) is 0 Å². The van der Waals surface area contributed by atoms with Gasteiger partial charge in [0.1, 0.15) is 6.04 Å². The molecule has 0 unspecified atom stereocenters. The van der Waals surface area contributed by atoms with Crippen molar-refractivity contribution in [2.24, 2.45) is 5.73 Å². The molecular formula is C9H9ClINO2. The normalized spacial score (nSPS) is 12.5. The summed E-state index contributed by atoms with van der Waals surface area (Å²) in [4.78, 5) is 10.5. The fourth-order valence-corrected chi connectivity index (χ4v) is 2.25. The van der Waals surface area contributed by atoms with Gasteiger partial charge in [-0.05, 0) is 52.8 Å². The quantitative estimate of drug-likeness (QED) is 0.834. The molecule has 3 N–H and O–H groups in total. The van der Waals surface area contributed by atoms with Crippen LogP contribution in [0.5, 0.6) is 0 Å². The second-order valence-electron chi connectivity index (χ2n) is 2.93. The van der Waals surface area contributed by atoms with Crippen molar-refractivity contribution in [3.05, 3.63) is 32.4 Å². The summed E-state index contributed by atoms with van der Waals surface area (Å²) in [5, 5.41) is 9.22. The SMILES string of the molecule is N[C@@H](Cc1cc(Cl)cc(I)c1)C(=O)O. The number of benzene rings is 1. The highest BCUT2D eigenvalue weighted by Gasteiger charge is 2.12. The van der Waals surface area contributed by atoms with E-state index in [0.29, 0.717) is 11.4 Å². The number of aliphatic carboxylic acids is 1. The lowest BCUT2D eigenvalue weighted by Gasteiger charge is -2.07. The van der Waals surface area contributed by atoms with Crippen LogP contribution in [0.15, 0.2) is 18.2 Å². The second-order valence-corrected chi connectivity index (χ2v) is 4.61. The molecule has 14 heavy (non-hydrogen) atoms. The van der Waals surface area contributed by atoms with Gasteiger partial charge in [-0.15, -0.1) is 0 Å². The molecule has 76 valence electrons. The highest BCUT2D eigenvalue weighted by molar-refractivity contribution is 14.1. The zero-order valence-electron chi connectivity index (χ0n) is 7.21. The van der Waals surface area contributed by atoms with Gasteiger partial charge < -0.3 is 10.8 Å². The van der Waals surface area contributed by atoms with Crippen LogP contribution >= 0.6 is 34.2 Å². The van der Waals surface area contributed by atoms with Crippen LogP contribution in [0.1, 0.15) is 5.56 Å². The van der Waals surface area contributed by atoms with Crippen molar-refractivity contribution >= 4 is 40.2 Å². The number of carboxylic acids is 1. The van der Waals surface area contributed by atoms with E-state index in [1.165, 1.54) is 0 Å². The lowest BCUT2D eigenvalue weighted by molar-refractivity contribution is -0.138. The van der Waals surface area contributed by atoms with Gasteiger partial charge in [0.25, 0.3) is 0 Å². The number of halogens is 2. The Morgan fingerprint density at radius 3 is 2.71 bits per heavy atom. The van der Waals surface area contributed by atoms with Crippen LogP contribution < -0.4 is 5.73 Å². The molecule has 0 radical (unpaired) electrons. The van der Waals surface area contributed by atoms with Gasteiger partial charge in [-0.2, -0.15) is 0 Å². The minimum atomic E-state index is -1.00. The fourth-order valence-electron chi connectivity index (χ4n) is 1.07. The van der Waals surface area contributed by atoms with Crippen LogP contribution in [-0.2, 0) is 11.2 Å². The molecule has 1 atom stereocenters. The van der Waals surface area contributed by atoms with E-state index in [9.17, 15) is 4.79 Å². The highest BCUT2D eigenvalue weighted by atomic mass is 127. The van der Waals surface area contributed by atoms with Crippen LogP contribution in [0, 0.1) is 3.57 Å². The summed E-state index contributed by atoms with van der Waals surface area (Å²) in [6.45, 7) is 0. The molecule has 0 heterocycles. The number of rotatable bonds is 3. The topological polar surface area (TPSA) is 63.3 Å². The summed E-state index contributed by atoms with van der Waals surface area (Å²) in [6, 6.07) is 4.53. The summed E-state index contributed by atoms with van der Waals surface area (Å²) in [7, 11) is 0. The van der Waals surface area contributed by atoms with E-state index in [1.54, 1.807) is 12.1 Å². The van der Waals surface area contributed by atoms with Crippen LogP contribution in [0.4, 0.5) is 0 Å². The molecule has 3 nitrogen and oxygen atoms in total. The molecule has 1 aromatic rings. The Morgan fingerprint density at radius 2 is 2.21 bits per heavy atom. The Kier molecular flexibility index (Phi) is 4.15. The molecule has 0 spiro atoms. The zero-order chi connectivity index (χ0) is 10.7. The van der Waals surface area contributed by atoms with Crippen molar-refractivity contribution in [3.63, 3.8) is 0 Å². The first-order valence-electron chi connectivity index (χ1n) is 3.92. The number of nitrogens with two attached hydrogens (primary N) is 1. The predicted octanol–water partition coefficient (Wildman–Crippen LogP) is 1.90. The maximum Gasteiger partial charge on any atom is 0.320 e. The van der Waals surface area contributed by atoms with E-state index in [0.717, 1.165) is 9.13 Å². The molecule has 5 heteroatoms. The van der Waals surface area contributed by atoms with Gasteiger partial charge in [-0.3, -0.25) is 4.79 Å². The minimum absolute atomic E-state index is 0.298. The summed E-state index contributed by atoms with van der Waals surface area (Å²) in [5.41, 5.74) is 6.25. The Balaban J connectivity index is 2.81. The highest BCUT2D eigenvalue weighted by Crippen LogP contribution is 2.17. The van der Waals surface area contributed by atoms with Crippen LogP contribution in [0.25, 0.3) is 0 Å². The molecule has 0 saturated heterocycles. The molecule has 0 aliphatic carbocycles. The molecule has 0 saturated carbocycles. The molecule has 1 aromatic carbocycles. The van der Waals surface area contributed by atoms with E-state index in [1.807, 2.05) is 6.07 Å². The van der Waals surface area contributed by atoms with Crippen molar-refractivity contribution in [2.45, 2.75) is 12.5 Å². The molecule has 0 amide bonds. The molecule has 0 aliphatic heterocycles. The Labute approximate surface area is 100 Å². The van der Waals surface area contributed by atoms with Gasteiger partial charge in [0.15, 0.2) is 0 Å². The van der Waals surface area contributed by atoms with Crippen molar-refractivity contribution in [1.29, 1.82) is 0 Å². The van der Waals surface area contributed by atoms with Crippen LogP contribution in [0.2, 0.25) is 5.02 Å². The van der Waals surface area contributed by atoms with Gasteiger partial charge in [0.05, 0.1) is 0 Å². The first-order chi connectivity index (χ1) is 6.49. The van der Waals surface area contributed by atoms with Crippen molar-refractivity contribution in [3.8, 4) is 0 Å². The average molecular weight is 326 g/mol. The summed E-state index contributed by atoms with van der Waals surface area (Å²) < 4.78 is 0.975. The third kappa shape index (κ3) is 3.43. The number of carbonyl (C=O) groups is 1. The standard InChI is InChI=1S/C9H9ClINO2/c10-6-1-5(2-7(11)4-6)3-8(12)9(13)14/h1-2,4,8H,3,12H2,(H,13,14)/t8-/m0/s1. The monoisotopic (exact) mass is 325 g/mol. The number of hydrogen-bond donors (Lipinski definition) is 2. The molecule has 0 bridgehead atoms. The molecule has 1 rings (SSSR count). The number of hydrogen-bond acceptors (Lipinski definition) is 2. The number of carboxylic acid groups (broad SMARTS) is 1. The Morgan fingerprint density at radius 1 is 1.57 bits per heavy atom. The second kappa shape index (κ2) is 4.95. The van der Waals surface area contributed by atoms with Gasteiger partial charge in [0, 0.05) is 8.59 Å². The van der Waals surface area contributed by atoms with Crippen molar-refractivity contribution in [1.82, 2.24) is 0 Å². The van der Waals surface area contributed by atoms with Crippen LogP contribution in [-0.4, -0.2) is 17.1 Å². The molecule has 0 aliphatic rings.